The Kier molecular flexibility index (Phi) is 2.48. The summed E-state index contributed by atoms with van der Waals surface area (Å²) in [5.74, 6) is 0.285. The zero-order chi connectivity index (χ0) is 8.27. The molecule has 11 heavy (non-hydrogen) atoms. The summed E-state index contributed by atoms with van der Waals surface area (Å²) in [5, 5.41) is 3.88. The molecule has 0 unspecified atom stereocenters. The van der Waals surface area contributed by atoms with E-state index in [9.17, 15) is 0 Å². The minimum Gasteiger partial charge on any atom is -0.367 e. The lowest BCUT2D eigenvalue weighted by Crippen LogP contribution is -2.00. The van der Waals surface area contributed by atoms with Crippen LogP contribution in [-0.4, -0.2) is 14.8 Å². The fraction of sp³-hybridized carbons (Fsp3) is 0.333. The van der Waals surface area contributed by atoms with E-state index in [-0.39, 0.29) is 5.95 Å². The van der Waals surface area contributed by atoms with Gasteiger partial charge in [0.25, 0.3) is 0 Å². The topological polar surface area (TPSA) is 56.7 Å². The highest BCUT2D eigenvalue weighted by Crippen LogP contribution is 1.99. The predicted molar refractivity (Wildman–Crippen MR) is 44.0 cm³/mol. The summed E-state index contributed by atoms with van der Waals surface area (Å²) < 4.78 is 1.63. The third-order valence-corrected chi connectivity index (χ3v) is 1.52. The van der Waals surface area contributed by atoms with Crippen molar-refractivity contribution in [3.63, 3.8) is 0 Å². The summed E-state index contributed by atoms with van der Waals surface area (Å²) in [5.41, 5.74) is 7.82. The molecule has 1 aromatic heterocycles. The fourth-order valence-electron chi connectivity index (χ4n) is 0.675. The van der Waals surface area contributed by atoms with Gasteiger partial charge in [-0.15, -0.1) is 5.10 Å². The Morgan fingerprint density at radius 1 is 1.91 bits per heavy atom. The monoisotopic (exact) mass is 172 g/mol. The molecule has 0 aromatic carbocycles. The number of nitrogens with zero attached hydrogens (tertiary/aromatic N) is 3. The van der Waals surface area contributed by atoms with Crippen LogP contribution in [0.2, 0.25) is 0 Å². The molecule has 1 heterocycles. The molecule has 0 amide bonds. The van der Waals surface area contributed by atoms with Crippen LogP contribution in [0.5, 0.6) is 0 Å². The van der Waals surface area contributed by atoms with Gasteiger partial charge in [-0.25, -0.2) is 9.67 Å². The largest absolute Gasteiger partial charge is 0.367 e. The molecular weight excluding hydrogens is 164 g/mol. The van der Waals surface area contributed by atoms with E-state index >= 15 is 0 Å². The Morgan fingerprint density at radius 3 is 3.09 bits per heavy atom. The molecule has 0 fully saturated rings. The van der Waals surface area contributed by atoms with E-state index in [0.717, 1.165) is 5.57 Å². The van der Waals surface area contributed by atoms with Crippen molar-refractivity contribution in [1.82, 2.24) is 14.8 Å². The minimum absolute atomic E-state index is 0.285. The van der Waals surface area contributed by atoms with Crippen LogP contribution in [0.3, 0.4) is 0 Å². The van der Waals surface area contributed by atoms with Crippen molar-refractivity contribution in [3.05, 3.63) is 17.4 Å². The number of nitrogens with two attached hydrogens (primary N) is 1. The van der Waals surface area contributed by atoms with Crippen LogP contribution in [0.1, 0.15) is 6.92 Å². The SMILES string of the molecule is CC(=CCl)Cn1cnc(N)n1. The van der Waals surface area contributed by atoms with Crippen molar-refractivity contribution in [1.29, 1.82) is 0 Å². The molecule has 4 nitrogen and oxygen atoms in total. The minimum atomic E-state index is 0.285. The molecule has 0 aliphatic carbocycles. The second-order valence-electron chi connectivity index (χ2n) is 2.26. The second-order valence-corrected chi connectivity index (χ2v) is 2.47. The van der Waals surface area contributed by atoms with Gasteiger partial charge in [0.05, 0.1) is 6.54 Å². The number of anilines is 1. The maximum absolute atomic E-state index is 5.45. The lowest BCUT2D eigenvalue weighted by atomic mass is 10.4. The summed E-state index contributed by atoms with van der Waals surface area (Å²) in [6, 6.07) is 0. The van der Waals surface area contributed by atoms with Gasteiger partial charge in [0.2, 0.25) is 5.95 Å². The third-order valence-electron chi connectivity index (χ3n) is 1.15. The third kappa shape index (κ3) is 2.23. The standard InChI is InChI=1S/C6H9ClN4/c1-5(2-7)3-11-4-9-6(8)10-11/h2,4H,3H2,1H3,(H2,8,10). The molecule has 60 valence electrons. The molecule has 0 saturated carbocycles. The van der Waals surface area contributed by atoms with Crippen LogP contribution in [0.25, 0.3) is 0 Å². The summed E-state index contributed by atoms with van der Waals surface area (Å²) in [7, 11) is 0. The predicted octanol–water partition coefficient (Wildman–Crippen LogP) is 1.00. The Morgan fingerprint density at radius 2 is 2.64 bits per heavy atom. The fourth-order valence-corrected chi connectivity index (χ4v) is 0.744. The van der Waals surface area contributed by atoms with E-state index in [1.807, 2.05) is 6.92 Å². The van der Waals surface area contributed by atoms with E-state index in [4.69, 9.17) is 17.3 Å². The van der Waals surface area contributed by atoms with Crippen LogP contribution in [0, 0.1) is 0 Å². The quantitative estimate of drug-likeness (QED) is 0.724. The smallest absolute Gasteiger partial charge is 0.239 e. The molecule has 0 radical (unpaired) electrons. The molecule has 0 bridgehead atoms. The molecule has 1 rings (SSSR count). The van der Waals surface area contributed by atoms with E-state index in [1.165, 1.54) is 5.54 Å². The van der Waals surface area contributed by atoms with Crippen LogP contribution < -0.4 is 5.73 Å². The molecule has 0 atom stereocenters. The lowest BCUT2D eigenvalue weighted by Gasteiger charge is -1.97. The Balaban J connectivity index is 2.65. The van der Waals surface area contributed by atoms with Crippen LogP contribution in [-0.2, 0) is 6.54 Å². The van der Waals surface area contributed by atoms with Gasteiger partial charge in [-0.2, -0.15) is 0 Å². The van der Waals surface area contributed by atoms with E-state index in [1.54, 1.807) is 11.0 Å². The second kappa shape index (κ2) is 3.39. The molecule has 0 aliphatic rings. The van der Waals surface area contributed by atoms with E-state index in [0.29, 0.717) is 6.54 Å². The summed E-state index contributed by atoms with van der Waals surface area (Å²) >= 11 is 5.45. The van der Waals surface area contributed by atoms with Crippen molar-refractivity contribution >= 4 is 17.5 Å². The Labute approximate surface area is 69.7 Å². The normalized spacial score (nSPS) is 12.0. The lowest BCUT2D eigenvalue weighted by molar-refractivity contribution is 0.679. The van der Waals surface area contributed by atoms with Gasteiger partial charge in [0.1, 0.15) is 6.33 Å². The first-order chi connectivity index (χ1) is 5.22. The first-order valence-corrected chi connectivity index (χ1v) is 3.57. The number of hydrogen-bond donors (Lipinski definition) is 1. The molecule has 2 N–H and O–H groups in total. The van der Waals surface area contributed by atoms with E-state index in [2.05, 4.69) is 10.1 Å². The van der Waals surface area contributed by atoms with Gasteiger partial charge in [0.15, 0.2) is 0 Å². The highest BCUT2D eigenvalue weighted by atomic mass is 35.5. The van der Waals surface area contributed by atoms with Crippen LogP contribution in [0.15, 0.2) is 17.4 Å². The van der Waals surface area contributed by atoms with Gasteiger partial charge < -0.3 is 5.73 Å². The zero-order valence-corrected chi connectivity index (χ0v) is 6.91. The number of hydrogen-bond acceptors (Lipinski definition) is 3. The number of aromatic nitrogens is 3. The van der Waals surface area contributed by atoms with Gasteiger partial charge >= 0.3 is 0 Å². The van der Waals surface area contributed by atoms with Gasteiger partial charge in [-0.3, -0.25) is 0 Å². The summed E-state index contributed by atoms with van der Waals surface area (Å²) in [4.78, 5) is 3.76. The van der Waals surface area contributed by atoms with Crippen LogP contribution >= 0.6 is 11.6 Å². The summed E-state index contributed by atoms with van der Waals surface area (Å²) in [6.45, 7) is 2.54. The molecular formula is C6H9ClN4. The highest BCUT2D eigenvalue weighted by molar-refractivity contribution is 6.25. The highest BCUT2D eigenvalue weighted by Gasteiger charge is 1.95. The average molecular weight is 173 g/mol. The molecule has 0 aliphatic heterocycles. The number of nitrogen functional groups attached to an aromatic ring is 1. The zero-order valence-electron chi connectivity index (χ0n) is 6.16. The maximum atomic E-state index is 5.45. The molecule has 1 aromatic rings. The van der Waals surface area contributed by atoms with Crippen LogP contribution in [0.4, 0.5) is 5.95 Å². The number of allylic oxidation sites excluding steroid dienone is 1. The molecule has 0 spiro atoms. The van der Waals surface area contributed by atoms with Gasteiger partial charge in [0, 0.05) is 5.54 Å². The Hall–Kier alpha value is -1.03. The van der Waals surface area contributed by atoms with Gasteiger partial charge in [-0.05, 0) is 12.5 Å². The summed E-state index contributed by atoms with van der Waals surface area (Å²) in [6.07, 6.45) is 1.57. The van der Waals surface area contributed by atoms with Crippen molar-refractivity contribution in [3.8, 4) is 0 Å². The van der Waals surface area contributed by atoms with E-state index < -0.39 is 0 Å². The van der Waals surface area contributed by atoms with Crippen molar-refractivity contribution in [2.45, 2.75) is 13.5 Å². The first-order valence-electron chi connectivity index (χ1n) is 3.13. The first kappa shape index (κ1) is 8.07. The Bertz CT molecular complexity index is 265. The number of rotatable bonds is 2. The van der Waals surface area contributed by atoms with Crippen molar-refractivity contribution < 1.29 is 0 Å². The number of halogens is 1. The average Bonchev–Trinajstić information content (AvgIpc) is 2.35. The maximum Gasteiger partial charge on any atom is 0.239 e. The van der Waals surface area contributed by atoms with Gasteiger partial charge in [-0.1, -0.05) is 11.6 Å². The van der Waals surface area contributed by atoms with Crippen molar-refractivity contribution in [2.24, 2.45) is 0 Å². The molecule has 0 saturated heterocycles. The molecule has 5 heteroatoms. The van der Waals surface area contributed by atoms with Crippen molar-refractivity contribution in [2.75, 3.05) is 5.73 Å².